The van der Waals surface area contributed by atoms with E-state index in [-0.39, 0.29) is 5.75 Å². The standard InChI is InChI=1S/C20H14F2N6O3S/c1-30-19(29)16-6-10-5-14(31-20(21)22)11(7-15(10)32-16)17-12(8-24-27-17)26-13-9-25-28-4-2-3-23-18(13)28/h2-9,20,26H,1H3,(H,24,27). The third-order valence-electron chi connectivity index (χ3n) is 4.68. The molecule has 12 heteroatoms. The van der Waals surface area contributed by atoms with Gasteiger partial charge in [0, 0.05) is 22.7 Å². The van der Waals surface area contributed by atoms with Gasteiger partial charge in [0.05, 0.1) is 30.9 Å². The predicted octanol–water partition coefficient (Wildman–Crippen LogP) is 4.47. The number of H-pyrrole nitrogens is 1. The Balaban J connectivity index is 1.61. The number of alkyl halides is 2. The van der Waals surface area contributed by atoms with Crippen LogP contribution in [0.25, 0.3) is 27.0 Å². The minimum Gasteiger partial charge on any atom is -0.465 e. The fraction of sp³-hybridized carbons (Fsp3) is 0.100. The lowest BCUT2D eigenvalue weighted by Crippen LogP contribution is -2.03. The topological polar surface area (TPSA) is 106 Å². The van der Waals surface area contributed by atoms with Gasteiger partial charge >= 0.3 is 12.6 Å². The van der Waals surface area contributed by atoms with Gasteiger partial charge in [-0.1, -0.05) is 0 Å². The molecule has 0 spiro atoms. The minimum atomic E-state index is -3.03. The average molecular weight is 456 g/mol. The molecule has 0 aliphatic carbocycles. The van der Waals surface area contributed by atoms with E-state index in [4.69, 9.17) is 9.47 Å². The number of thiophene rings is 1. The summed E-state index contributed by atoms with van der Waals surface area (Å²) in [4.78, 5) is 16.5. The molecule has 1 aromatic carbocycles. The van der Waals surface area contributed by atoms with Crippen molar-refractivity contribution in [1.82, 2.24) is 24.8 Å². The SMILES string of the molecule is COC(=O)c1cc2cc(OC(F)F)c(-c3[nH]ncc3Nc3cnn4cccnc34)cc2s1. The molecule has 5 aromatic rings. The molecule has 9 nitrogen and oxygen atoms in total. The third-order valence-corrected chi connectivity index (χ3v) is 5.76. The summed E-state index contributed by atoms with van der Waals surface area (Å²) >= 11 is 1.19. The van der Waals surface area contributed by atoms with Crippen LogP contribution < -0.4 is 10.1 Å². The van der Waals surface area contributed by atoms with Crippen molar-refractivity contribution in [3.63, 3.8) is 0 Å². The number of rotatable bonds is 6. The number of hydrogen-bond donors (Lipinski definition) is 2. The van der Waals surface area contributed by atoms with Crippen LogP contribution in [0.2, 0.25) is 0 Å². The number of anilines is 2. The van der Waals surface area contributed by atoms with E-state index in [2.05, 4.69) is 25.6 Å². The van der Waals surface area contributed by atoms with E-state index >= 15 is 0 Å². The Morgan fingerprint density at radius 2 is 2.12 bits per heavy atom. The molecule has 162 valence electrons. The summed E-state index contributed by atoms with van der Waals surface area (Å²) < 4.78 is 38.1. The normalized spacial score (nSPS) is 11.4. The molecular weight excluding hydrogens is 442 g/mol. The van der Waals surface area contributed by atoms with Gasteiger partial charge in [-0.15, -0.1) is 11.3 Å². The third kappa shape index (κ3) is 3.50. The molecule has 0 atom stereocenters. The van der Waals surface area contributed by atoms with E-state index in [1.54, 1.807) is 41.3 Å². The summed E-state index contributed by atoms with van der Waals surface area (Å²) in [6, 6.07) is 6.45. The van der Waals surface area contributed by atoms with Crippen LogP contribution in [0, 0.1) is 0 Å². The number of benzene rings is 1. The Morgan fingerprint density at radius 3 is 2.94 bits per heavy atom. The van der Waals surface area contributed by atoms with E-state index in [9.17, 15) is 13.6 Å². The zero-order valence-corrected chi connectivity index (χ0v) is 17.2. The molecule has 4 aromatic heterocycles. The highest BCUT2D eigenvalue weighted by Gasteiger charge is 2.20. The highest BCUT2D eigenvalue weighted by molar-refractivity contribution is 7.20. The molecule has 0 bridgehead atoms. The largest absolute Gasteiger partial charge is 0.465 e. The van der Waals surface area contributed by atoms with E-state index < -0.39 is 12.6 Å². The van der Waals surface area contributed by atoms with E-state index in [1.807, 2.05) is 0 Å². The lowest BCUT2D eigenvalue weighted by Gasteiger charge is -2.12. The van der Waals surface area contributed by atoms with Gasteiger partial charge in [0.2, 0.25) is 0 Å². The number of ether oxygens (including phenoxy) is 2. The summed E-state index contributed by atoms with van der Waals surface area (Å²) in [6.45, 7) is -3.03. The Bertz CT molecular complexity index is 1440. The second kappa shape index (κ2) is 7.89. The van der Waals surface area contributed by atoms with Crippen molar-refractivity contribution in [3.8, 4) is 17.0 Å². The molecule has 0 radical (unpaired) electrons. The number of fused-ring (bicyclic) bond motifs is 2. The van der Waals surface area contributed by atoms with Gasteiger partial charge in [-0.3, -0.25) is 5.10 Å². The molecule has 0 fully saturated rings. The number of aromatic nitrogens is 5. The summed E-state index contributed by atoms with van der Waals surface area (Å²) in [5.74, 6) is -0.569. The molecule has 0 saturated heterocycles. The van der Waals surface area contributed by atoms with Gasteiger partial charge < -0.3 is 14.8 Å². The van der Waals surface area contributed by atoms with Crippen LogP contribution in [0.3, 0.4) is 0 Å². The molecular formula is C20H14F2N6O3S. The summed E-state index contributed by atoms with van der Waals surface area (Å²) in [5.41, 5.74) is 2.47. The molecule has 0 unspecified atom stereocenters. The lowest BCUT2D eigenvalue weighted by atomic mass is 10.1. The summed E-state index contributed by atoms with van der Waals surface area (Å²) in [7, 11) is 1.28. The van der Waals surface area contributed by atoms with Crippen molar-refractivity contribution < 1.29 is 23.0 Å². The first kappa shape index (κ1) is 19.9. The average Bonchev–Trinajstić information content (AvgIpc) is 3.51. The van der Waals surface area contributed by atoms with Gasteiger partial charge in [-0.05, 0) is 29.7 Å². The second-order valence-electron chi connectivity index (χ2n) is 6.60. The maximum Gasteiger partial charge on any atom is 0.387 e. The summed E-state index contributed by atoms with van der Waals surface area (Å²) in [6.07, 6.45) is 6.51. The molecule has 4 heterocycles. The van der Waals surface area contributed by atoms with Gasteiger partial charge in [0.25, 0.3) is 0 Å². The minimum absolute atomic E-state index is 0.0630. The monoisotopic (exact) mass is 456 g/mol. The van der Waals surface area contributed by atoms with Crippen LogP contribution in [0.5, 0.6) is 5.75 Å². The lowest BCUT2D eigenvalue weighted by molar-refractivity contribution is -0.0493. The van der Waals surface area contributed by atoms with Crippen LogP contribution >= 0.6 is 11.3 Å². The number of esters is 1. The summed E-state index contributed by atoms with van der Waals surface area (Å²) in [5, 5.41) is 14.9. The van der Waals surface area contributed by atoms with Crippen LogP contribution in [0.1, 0.15) is 9.67 Å². The van der Waals surface area contributed by atoms with Crippen molar-refractivity contribution in [3.05, 3.63) is 53.9 Å². The Morgan fingerprint density at radius 1 is 1.25 bits per heavy atom. The number of hydrogen-bond acceptors (Lipinski definition) is 8. The van der Waals surface area contributed by atoms with Gasteiger partial charge in [-0.2, -0.15) is 19.0 Å². The molecule has 0 aliphatic heterocycles. The Hall–Kier alpha value is -4.06. The highest BCUT2D eigenvalue weighted by atomic mass is 32.1. The molecule has 0 saturated carbocycles. The Kier molecular flexibility index (Phi) is 4.90. The van der Waals surface area contributed by atoms with Crippen LogP contribution in [-0.2, 0) is 4.74 Å². The van der Waals surface area contributed by atoms with E-state index in [0.717, 1.165) is 0 Å². The number of methoxy groups -OCH3 is 1. The number of halogens is 2. The maximum atomic E-state index is 13.2. The van der Waals surface area contributed by atoms with Gasteiger partial charge in [0.15, 0.2) is 5.65 Å². The first-order valence-corrected chi connectivity index (χ1v) is 10.0. The van der Waals surface area contributed by atoms with Crippen LogP contribution in [0.4, 0.5) is 20.2 Å². The Labute approximate surface area is 182 Å². The number of nitrogens with zero attached hydrogens (tertiary/aromatic N) is 4. The molecule has 2 N–H and O–H groups in total. The van der Waals surface area contributed by atoms with Crippen molar-refractivity contribution in [1.29, 1.82) is 0 Å². The van der Waals surface area contributed by atoms with Crippen LogP contribution in [-0.4, -0.2) is 44.5 Å². The first-order chi connectivity index (χ1) is 15.5. The fourth-order valence-corrected chi connectivity index (χ4v) is 4.30. The van der Waals surface area contributed by atoms with Gasteiger partial charge in [0.1, 0.15) is 16.3 Å². The van der Waals surface area contributed by atoms with Crippen molar-refractivity contribution >= 4 is 44.4 Å². The van der Waals surface area contributed by atoms with Gasteiger partial charge in [-0.25, -0.2) is 14.3 Å². The predicted molar refractivity (Wildman–Crippen MR) is 114 cm³/mol. The second-order valence-corrected chi connectivity index (χ2v) is 7.68. The van der Waals surface area contributed by atoms with Crippen molar-refractivity contribution in [2.75, 3.05) is 12.4 Å². The molecule has 0 aliphatic rings. The smallest absolute Gasteiger partial charge is 0.387 e. The van der Waals surface area contributed by atoms with E-state index in [0.29, 0.717) is 43.2 Å². The number of carbonyl (C=O) groups excluding carboxylic acids is 1. The fourth-order valence-electron chi connectivity index (χ4n) is 3.30. The maximum absolute atomic E-state index is 13.2. The zero-order valence-electron chi connectivity index (χ0n) is 16.4. The molecule has 32 heavy (non-hydrogen) atoms. The highest BCUT2D eigenvalue weighted by Crippen LogP contribution is 2.41. The number of nitrogens with one attached hydrogen (secondary N) is 2. The number of aromatic amines is 1. The molecule has 0 amide bonds. The number of carbonyl (C=O) groups is 1. The van der Waals surface area contributed by atoms with Crippen LogP contribution in [0.15, 0.2) is 49.1 Å². The first-order valence-electron chi connectivity index (χ1n) is 9.23. The zero-order chi connectivity index (χ0) is 22.2. The van der Waals surface area contributed by atoms with Crippen molar-refractivity contribution in [2.45, 2.75) is 6.61 Å². The quantitative estimate of drug-likeness (QED) is 0.363. The van der Waals surface area contributed by atoms with E-state index in [1.165, 1.54) is 30.7 Å². The van der Waals surface area contributed by atoms with Crippen molar-refractivity contribution in [2.24, 2.45) is 0 Å². The molecule has 5 rings (SSSR count).